The Morgan fingerprint density at radius 3 is 2.68 bits per heavy atom. The summed E-state index contributed by atoms with van der Waals surface area (Å²) in [5.74, 6) is 1.50. The lowest BCUT2D eigenvalue weighted by Crippen LogP contribution is -2.45. The van der Waals surface area contributed by atoms with Crippen molar-refractivity contribution >= 4 is 6.03 Å². The second-order valence-electron chi connectivity index (χ2n) is 6.86. The minimum atomic E-state index is -0.588. The second-order valence-corrected chi connectivity index (χ2v) is 6.86. The number of aliphatic hydroxyl groups is 1. The normalized spacial score (nSPS) is 15.8. The maximum Gasteiger partial charge on any atom is 0.317 e. The van der Waals surface area contributed by atoms with Crippen LogP contribution in [0.2, 0.25) is 0 Å². The Hall–Kier alpha value is -2.80. The van der Waals surface area contributed by atoms with E-state index in [-0.39, 0.29) is 11.9 Å². The van der Waals surface area contributed by atoms with Crippen LogP contribution in [0.4, 0.5) is 4.79 Å². The van der Waals surface area contributed by atoms with Crippen LogP contribution in [0.25, 0.3) is 0 Å². The molecule has 28 heavy (non-hydrogen) atoms. The van der Waals surface area contributed by atoms with Crippen LogP contribution in [0.1, 0.15) is 30.2 Å². The molecule has 2 aromatic rings. The van der Waals surface area contributed by atoms with Gasteiger partial charge in [-0.3, -0.25) is 4.98 Å². The minimum absolute atomic E-state index is 0.108. The third-order valence-corrected chi connectivity index (χ3v) is 5.19. The molecule has 2 heterocycles. The van der Waals surface area contributed by atoms with Crippen molar-refractivity contribution in [1.82, 2.24) is 15.2 Å². The van der Waals surface area contributed by atoms with Crippen LogP contribution < -0.4 is 14.8 Å². The molecule has 1 aliphatic rings. The maximum atomic E-state index is 12.5. The van der Waals surface area contributed by atoms with Gasteiger partial charge in [0.2, 0.25) is 0 Å². The number of likely N-dealkylation sites (tertiary alicyclic amines) is 1. The molecule has 150 valence electrons. The molecule has 7 heteroatoms. The van der Waals surface area contributed by atoms with Crippen molar-refractivity contribution in [1.29, 1.82) is 0 Å². The maximum absolute atomic E-state index is 12.5. The molecule has 7 nitrogen and oxygen atoms in total. The molecule has 2 amide bonds. The molecule has 0 bridgehead atoms. The fraction of sp³-hybridized carbons (Fsp3) is 0.429. The lowest BCUT2D eigenvalue weighted by Gasteiger charge is -2.34. The van der Waals surface area contributed by atoms with E-state index in [0.29, 0.717) is 36.8 Å². The predicted octanol–water partition coefficient (Wildman–Crippen LogP) is 2.75. The molecule has 0 radical (unpaired) electrons. The molecule has 1 aliphatic heterocycles. The highest BCUT2D eigenvalue weighted by molar-refractivity contribution is 5.74. The van der Waals surface area contributed by atoms with Crippen LogP contribution in [0, 0.1) is 5.92 Å². The van der Waals surface area contributed by atoms with Gasteiger partial charge in [0, 0.05) is 37.5 Å². The number of nitrogens with one attached hydrogen (secondary N) is 1. The number of aliphatic hydroxyl groups excluding tert-OH is 1. The Morgan fingerprint density at radius 2 is 2.04 bits per heavy atom. The first-order chi connectivity index (χ1) is 13.6. The quantitative estimate of drug-likeness (QED) is 0.799. The molecule has 1 fully saturated rings. The van der Waals surface area contributed by atoms with Gasteiger partial charge in [0.1, 0.15) is 11.5 Å². The first kappa shape index (κ1) is 19.9. The summed E-state index contributed by atoms with van der Waals surface area (Å²) in [4.78, 5) is 18.5. The van der Waals surface area contributed by atoms with Gasteiger partial charge in [-0.1, -0.05) is 6.07 Å². The van der Waals surface area contributed by atoms with E-state index in [4.69, 9.17) is 9.47 Å². The third kappa shape index (κ3) is 4.72. The summed E-state index contributed by atoms with van der Waals surface area (Å²) in [5, 5.41) is 13.5. The van der Waals surface area contributed by atoms with Gasteiger partial charge in [0.15, 0.2) is 0 Å². The zero-order valence-corrected chi connectivity index (χ0v) is 16.3. The largest absolute Gasteiger partial charge is 0.497 e. The summed E-state index contributed by atoms with van der Waals surface area (Å²) >= 11 is 0. The van der Waals surface area contributed by atoms with E-state index >= 15 is 0 Å². The van der Waals surface area contributed by atoms with E-state index in [1.807, 2.05) is 30.3 Å². The van der Waals surface area contributed by atoms with E-state index in [1.165, 1.54) is 0 Å². The van der Waals surface area contributed by atoms with Crippen LogP contribution in [0.3, 0.4) is 0 Å². The predicted molar refractivity (Wildman–Crippen MR) is 105 cm³/mol. The summed E-state index contributed by atoms with van der Waals surface area (Å²) in [6.07, 6.45) is 2.60. The number of urea groups is 1. The fourth-order valence-corrected chi connectivity index (χ4v) is 3.49. The van der Waals surface area contributed by atoms with E-state index in [0.717, 1.165) is 18.4 Å². The SMILES string of the molecule is COc1ccc(CNC(=O)N2CCC([C@@H](O)c3ccccn3)CC2)c(OC)c1. The number of nitrogens with zero attached hydrogens (tertiary/aromatic N) is 2. The van der Waals surface area contributed by atoms with Gasteiger partial charge in [0.05, 0.1) is 26.0 Å². The molecule has 0 saturated carbocycles. The van der Waals surface area contributed by atoms with E-state index in [1.54, 1.807) is 31.4 Å². The van der Waals surface area contributed by atoms with Crippen molar-refractivity contribution in [3.63, 3.8) is 0 Å². The Kier molecular flexibility index (Phi) is 6.71. The van der Waals surface area contributed by atoms with Crippen LogP contribution in [0.5, 0.6) is 11.5 Å². The number of benzene rings is 1. The molecule has 1 atom stereocenters. The minimum Gasteiger partial charge on any atom is -0.497 e. The highest BCUT2D eigenvalue weighted by Crippen LogP contribution is 2.30. The van der Waals surface area contributed by atoms with Gasteiger partial charge in [0.25, 0.3) is 0 Å². The summed E-state index contributed by atoms with van der Waals surface area (Å²) < 4.78 is 10.6. The number of hydrogen-bond acceptors (Lipinski definition) is 5. The average molecular weight is 385 g/mol. The molecule has 0 spiro atoms. The number of rotatable bonds is 6. The Morgan fingerprint density at radius 1 is 1.25 bits per heavy atom. The number of aromatic nitrogens is 1. The first-order valence-corrected chi connectivity index (χ1v) is 9.45. The number of piperidine rings is 1. The summed E-state index contributed by atoms with van der Waals surface area (Å²) in [6, 6.07) is 11.0. The topological polar surface area (TPSA) is 83.9 Å². The molecular weight excluding hydrogens is 358 g/mol. The smallest absolute Gasteiger partial charge is 0.317 e. The van der Waals surface area contributed by atoms with Crippen molar-refractivity contribution in [2.75, 3.05) is 27.3 Å². The zero-order chi connectivity index (χ0) is 19.9. The monoisotopic (exact) mass is 385 g/mol. The summed E-state index contributed by atoms with van der Waals surface area (Å²) in [6.45, 7) is 1.60. The molecule has 1 aromatic carbocycles. The van der Waals surface area contributed by atoms with Crippen LogP contribution in [-0.2, 0) is 6.54 Å². The number of amides is 2. The number of pyridine rings is 1. The molecule has 3 rings (SSSR count). The number of carbonyl (C=O) groups excluding carboxylic acids is 1. The number of ether oxygens (including phenoxy) is 2. The third-order valence-electron chi connectivity index (χ3n) is 5.19. The summed E-state index contributed by atoms with van der Waals surface area (Å²) in [5.41, 5.74) is 1.58. The Bertz CT molecular complexity index is 776. The highest BCUT2D eigenvalue weighted by Gasteiger charge is 2.28. The molecule has 0 aliphatic carbocycles. The standard InChI is InChI=1S/C21H27N3O4/c1-27-17-7-6-16(19(13-17)28-2)14-23-21(26)24-11-8-15(9-12-24)20(25)18-5-3-4-10-22-18/h3-7,10,13,15,20,25H,8-9,11-12,14H2,1-2H3,(H,23,26)/t20-/m1/s1. The molecular formula is C21H27N3O4. The number of hydrogen-bond donors (Lipinski definition) is 2. The van der Waals surface area contributed by atoms with E-state index in [9.17, 15) is 9.90 Å². The van der Waals surface area contributed by atoms with Crippen LogP contribution in [0.15, 0.2) is 42.6 Å². The molecule has 1 saturated heterocycles. The van der Waals surface area contributed by atoms with Crippen molar-refractivity contribution < 1.29 is 19.4 Å². The summed E-state index contributed by atoms with van der Waals surface area (Å²) in [7, 11) is 3.20. The van der Waals surface area contributed by atoms with Crippen molar-refractivity contribution in [2.45, 2.75) is 25.5 Å². The van der Waals surface area contributed by atoms with Gasteiger partial charge in [-0.15, -0.1) is 0 Å². The number of carbonyl (C=O) groups is 1. The number of methoxy groups -OCH3 is 2. The van der Waals surface area contributed by atoms with Gasteiger partial charge >= 0.3 is 6.03 Å². The lowest BCUT2D eigenvalue weighted by atomic mass is 9.89. The highest BCUT2D eigenvalue weighted by atomic mass is 16.5. The second kappa shape index (κ2) is 9.41. The molecule has 2 N–H and O–H groups in total. The average Bonchev–Trinajstić information content (AvgIpc) is 2.77. The first-order valence-electron chi connectivity index (χ1n) is 9.45. The zero-order valence-electron chi connectivity index (χ0n) is 16.3. The Balaban J connectivity index is 1.50. The van der Waals surface area contributed by atoms with Crippen molar-refractivity contribution in [3.8, 4) is 11.5 Å². The lowest BCUT2D eigenvalue weighted by molar-refractivity contribution is 0.0635. The Labute approximate surface area is 165 Å². The van der Waals surface area contributed by atoms with Crippen molar-refractivity contribution in [3.05, 3.63) is 53.9 Å². The molecule has 1 aromatic heterocycles. The van der Waals surface area contributed by atoms with Gasteiger partial charge < -0.3 is 24.8 Å². The van der Waals surface area contributed by atoms with E-state index < -0.39 is 6.10 Å². The van der Waals surface area contributed by atoms with E-state index in [2.05, 4.69) is 10.3 Å². The van der Waals surface area contributed by atoms with Gasteiger partial charge in [-0.05, 0) is 43.0 Å². The van der Waals surface area contributed by atoms with Crippen molar-refractivity contribution in [2.24, 2.45) is 5.92 Å². The molecule has 0 unspecified atom stereocenters. The van der Waals surface area contributed by atoms with Crippen LogP contribution >= 0.6 is 0 Å². The van der Waals surface area contributed by atoms with Gasteiger partial charge in [-0.25, -0.2) is 4.79 Å². The fourth-order valence-electron chi connectivity index (χ4n) is 3.49. The van der Waals surface area contributed by atoms with Crippen LogP contribution in [-0.4, -0.2) is 48.3 Å². The van der Waals surface area contributed by atoms with Gasteiger partial charge in [-0.2, -0.15) is 0 Å².